The smallest absolute Gasteiger partial charge is 0.262 e. The molecular formula is C15H23FN4O4S. The molecule has 0 spiro atoms. The van der Waals surface area contributed by atoms with E-state index in [1.165, 1.54) is 11.1 Å². The third-order valence-electron chi connectivity index (χ3n) is 4.78. The number of piperidine rings is 1. The number of nitrogens with zero attached hydrogens (tertiary/aromatic N) is 4. The van der Waals surface area contributed by atoms with Crippen LogP contribution in [-0.4, -0.2) is 78.1 Å². The number of alkyl halides is 1. The van der Waals surface area contributed by atoms with Crippen LogP contribution < -0.4 is 0 Å². The number of sulfonamides is 1. The van der Waals surface area contributed by atoms with Gasteiger partial charge in [0.15, 0.2) is 5.03 Å². The van der Waals surface area contributed by atoms with Crippen molar-refractivity contribution in [1.29, 1.82) is 0 Å². The summed E-state index contributed by atoms with van der Waals surface area (Å²) >= 11 is 0. The number of aromatic nitrogens is 2. The summed E-state index contributed by atoms with van der Waals surface area (Å²) in [5, 5.41) is -0.115. The maximum atomic E-state index is 15.4. The maximum Gasteiger partial charge on any atom is 0.262 e. The fraction of sp³-hybridized carbons (Fsp3) is 0.733. The molecule has 2 aliphatic rings. The summed E-state index contributed by atoms with van der Waals surface area (Å²) < 4.78 is 48.7. The van der Waals surface area contributed by atoms with Crippen LogP contribution in [0.5, 0.6) is 0 Å². The van der Waals surface area contributed by atoms with Gasteiger partial charge in [0.05, 0.1) is 19.8 Å². The van der Waals surface area contributed by atoms with Gasteiger partial charge in [-0.25, -0.2) is 17.8 Å². The van der Waals surface area contributed by atoms with E-state index < -0.39 is 28.1 Å². The van der Waals surface area contributed by atoms with Crippen LogP contribution in [0.25, 0.3) is 0 Å². The van der Waals surface area contributed by atoms with Crippen molar-refractivity contribution in [1.82, 2.24) is 18.8 Å². The molecule has 0 saturated carbocycles. The molecule has 0 aromatic carbocycles. The number of imidazole rings is 1. The van der Waals surface area contributed by atoms with E-state index in [2.05, 4.69) is 4.98 Å². The lowest BCUT2D eigenvalue weighted by atomic mass is 9.94. The minimum Gasteiger partial charge on any atom is -0.378 e. The third-order valence-corrected chi connectivity index (χ3v) is 6.50. The molecule has 2 fully saturated rings. The Morgan fingerprint density at radius 3 is 2.60 bits per heavy atom. The molecule has 3 rings (SSSR count). The van der Waals surface area contributed by atoms with Gasteiger partial charge in [0, 0.05) is 32.9 Å². The van der Waals surface area contributed by atoms with Crippen molar-refractivity contribution in [2.75, 3.05) is 39.4 Å². The topological polar surface area (TPSA) is 84.7 Å². The van der Waals surface area contributed by atoms with Crippen LogP contribution >= 0.6 is 0 Å². The summed E-state index contributed by atoms with van der Waals surface area (Å²) in [6.07, 6.45) is 1.72. The summed E-state index contributed by atoms with van der Waals surface area (Å²) in [7, 11) is -2.24. The number of hydrogen-bond donors (Lipinski definition) is 0. The Morgan fingerprint density at radius 2 is 2.00 bits per heavy atom. The van der Waals surface area contributed by atoms with Crippen molar-refractivity contribution >= 4 is 15.9 Å². The van der Waals surface area contributed by atoms with Crippen molar-refractivity contribution in [2.24, 2.45) is 7.05 Å². The Hall–Kier alpha value is -1.52. The molecule has 3 heterocycles. The van der Waals surface area contributed by atoms with E-state index in [0.29, 0.717) is 32.1 Å². The maximum absolute atomic E-state index is 15.4. The van der Waals surface area contributed by atoms with Gasteiger partial charge in [0.2, 0.25) is 5.67 Å². The number of rotatable bonds is 3. The molecule has 0 radical (unpaired) electrons. The van der Waals surface area contributed by atoms with E-state index in [9.17, 15) is 13.2 Å². The lowest BCUT2D eigenvalue weighted by molar-refractivity contribution is -0.150. The van der Waals surface area contributed by atoms with Crippen molar-refractivity contribution in [2.45, 2.75) is 30.5 Å². The largest absolute Gasteiger partial charge is 0.378 e. The van der Waals surface area contributed by atoms with Crippen molar-refractivity contribution in [3.05, 3.63) is 12.0 Å². The second kappa shape index (κ2) is 6.65. The van der Waals surface area contributed by atoms with Gasteiger partial charge in [-0.1, -0.05) is 0 Å². The number of amides is 1. The number of aryl methyl sites for hydroxylation is 2. The van der Waals surface area contributed by atoms with Crippen molar-refractivity contribution in [3.63, 3.8) is 0 Å². The first-order valence-electron chi connectivity index (χ1n) is 8.30. The second-order valence-corrected chi connectivity index (χ2v) is 8.43. The summed E-state index contributed by atoms with van der Waals surface area (Å²) in [5.74, 6) is -0.0978. The highest BCUT2D eigenvalue weighted by Crippen LogP contribution is 2.31. The van der Waals surface area contributed by atoms with E-state index in [4.69, 9.17) is 4.74 Å². The van der Waals surface area contributed by atoms with Gasteiger partial charge >= 0.3 is 0 Å². The quantitative estimate of drug-likeness (QED) is 0.748. The summed E-state index contributed by atoms with van der Waals surface area (Å²) in [5.41, 5.74) is -2.20. The minimum atomic E-state index is -3.93. The average Bonchev–Trinajstić information content (AvgIpc) is 2.95. The predicted octanol–water partition coefficient (Wildman–Crippen LogP) is 0.0801. The Balaban J connectivity index is 1.81. The molecule has 1 aromatic rings. The first-order valence-corrected chi connectivity index (χ1v) is 9.74. The van der Waals surface area contributed by atoms with Crippen LogP contribution in [0.3, 0.4) is 0 Å². The lowest BCUT2D eigenvalue weighted by Gasteiger charge is -2.39. The molecule has 8 nitrogen and oxygen atoms in total. The predicted molar refractivity (Wildman–Crippen MR) is 87.2 cm³/mol. The molecular weight excluding hydrogens is 351 g/mol. The fourth-order valence-corrected chi connectivity index (χ4v) is 4.73. The molecule has 0 aliphatic carbocycles. The molecule has 2 saturated heterocycles. The Kier molecular flexibility index (Phi) is 4.86. The van der Waals surface area contributed by atoms with Crippen LogP contribution in [0.2, 0.25) is 0 Å². The van der Waals surface area contributed by atoms with Crippen LogP contribution in [0.4, 0.5) is 4.39 Å². The van der Waals surface area contributed by atoms with Gasteiger partial charge in [-0.15, -0.1) is 0 Å². The highest BCUT2D eigenvalue weighted by atomic mass is 32.2. The summed E-state index contributed by atoms with van der Waals surface area (Å²) in [6, 6.07) is 0. The monoisotopic (exact) mass is 374 g/mol. The van der Waals surface area contributed by atoms with Crippen LogP contribution in [-0.2, 0) is 26.6 Å². The third kappa shape index (κ3) is 3.42. The molecule has 2 aliphatic heterocycles. The first-order chi connectivity index (χ1) is 11.7. The fourth-order valence-electron chi connectivity index (χ4n) is 3.19. The molecule has 140 valence electrons. The van der Waals surface area contributed by atoms with Crippen molar-refractivity contribution in [3.8, 4) is 0 Å². The molecule has 0 bridgehead atoms. The van der Waals surface area contributed by atoms with E-state index in [1.807, 2.05) is 0 Å². The van der Waals surface area contributed by atoms with E-state index in [0.717, 1.165) is 4.31 Å². The van der Waals surface area contributed by atoms with Crippen LogP contribution in [0.1, 0.15) is 18.7 Å². The van der Waals surface area contributed by atoms with Gasteiger partial charge in [0.1, 0.15) is 5.82 Å². The number of halogens is 1. The normalized spacial score (nSPS) is 26.0. The number of hydrogen-bond acceptors (Lipinski definition) is 5. The van der Waals surface area contributed by atoms with Crippen LogP contribution in [0, 0.1) is 6.92 Å². The van der Waals surface area contributed by atoms with Gasteiger partial charge in [-0.2, -0.15) is 4.31 Å². The molecule has 25 heavy (non-hydrogen) atoms. The van der Waals surface area contributed by atoms with E-state index in [1.54, 1.807) is 18.5 Å². The van der Waals surface area contributed by atoms with Gasteiger partial charge in [0.25, 0.3) is 15.9 Å². The van der Waals surface area contributed by atoms with Crippen molar-refractivity contribution < 1.29 is 22.3 Å². The molecule has 0 N–H and O–H groups in total. The zero-order valence-corrected chi connectivity index (χ0v) is 15.3. The number of morpholine rings is 1. The Labute approximate surface area is 146 Å². The van der Waals surface area contributed by atoms with E-state index in [-0.39, 0.29) is 24.4 Å². The number of carbonyl (C=O) groups is 1. The number of carbonyl (C=O) groups excluding carboxylic acids is 1. The second-order valence-electron chi connectivity index (χ2n) is 6.55. The molecule has 1 atom stereocenters. The van der Waals surface area contributed by atoms with Crippen LogP contribution in [0.15, 0.2) is 11.2 Å². The summed E-state index contributed by atoms with van der Waals surface area (Å²) in [4.78, 5) is 18.1. The standard InChI is InChI=1S/C15H23FN4O4S/c1-12-17-13(10-18(12)2)25(22,23)20-5-3-4-15(16,11-20)14(21)19-6-8-24-9-7-19/h10H,3-9,11H2,1-2H3. The average molecular weight is 374 g/mol. The highest BCUT2D eigenvalue weighted by Gasteiger charge is 2.48. The number of ether oxygens (including phenoxy) is 1. The Morgan fingerprint density at radius 1 is 1.32 bits per heavy atom. The SMILES string of the molecule is Cc1nc(S(=O)(=O)N2CCCC(F)(C(=O)N3CCOCC3)C2)cn1C. The van der Waals surface area contributed by atoms with Gasteiger partial charge in [-0.05, 0) is 19.8 Å². The zero-order valence-electron chi connectivity index (χ0n) is 14.4. The molecule has 1 unspecified atom stereocenters. The lowest BCUT2D eigenvalue weighted by Crippen LogP contribution is -2.58. The molecule has 1 amide bonds. The minimum absolute atomic E-state index is 0.0243. The molecule has 1 aromatic heterocycles. The first kappa shape index (κ1) is 18.3. The summed E-state index contributed by atoms with van der Waals surface area (Å²) in [6.45, 7) is 2.80. The zero-order chi connectivity index (χ0) is 18.2. The molecule has 10 heteroatoms. The van der Waals surface area contributed by atoms with E-state index >= 15 is 4.39 Å². The Bertz CT molecular complexity index is 740. The van der Waals surface area contributed by atoms with Gasteiger partial charge < -0.3 is 14.2 Å². The highest BCUT2D eigenvalue weighted by molar-refractivity contribution is 7.89. The van der Waals surface area contributed by atoms with Gasteiger partial charge in [-0.3, -0.25) is 4.79 Å².